The molecule has 1 N–H and O–H groups in total. The van der Waals surface area contributed by atoms with Gasteiger partial charge in [-0.05, 0) is 62.4 Å². The maximum absolute atomic E-state index is 12.7. The second kappa shape index (κ2) is 5.33. The molecule has 1 heterocycles. The van der Waals surface area contributed by atoms with Crippen LogP contribution in [0.2, 0.25) is 0 Å². The van der Waals surface area contributed by atoms with E-state index in [1.54, 1.807) is 0 Å². The van der Waals surface area contributed by atoms with Gasteiger partial charge in [-0.25, -0.2) is 0 Å². The van der Waals surface area contributed by atoms with Gasteiger partial charge in [0.15, 0.2) is 0 Å². The van der Waals surface area contributed by atoms with Crippen LogP contribution in [0.25, 0.3) is 0 Å². The zero-order chi connectivity index (χ0) is 13.2. The van der Waals surface area contributed by atoms with E-state index in [2.05, 4.69) is 11.4 Å². The van der Waals surface area contributed by atoms with Crippen molar-refractivity contribution in [3.05, 3.63) is 34.9 Å². The molecule has 1 fully saturated rings. The highest BCUT2D eigenvalue weighted by Gasteiger charge is 2.26. The minimum absolute atomic E-state index is 0.214. The summed E-state index contributed by atoms with van der Waals surface area (Å²) >= 11 is 0. The number of hydrogen-bond donors (Lipinski definition) is 1. The molecule has 1 aliphatic heterocycles. The van der Waals surface area contributed by atoms with Crippen LogP contribution in [0.1, 0.15) is 40.7 Å². The Bertz CT molecular complexity index is 478. The van der Waals surface area contributed by atoms with Crippen molar-refractivity contribution in [1.82, 2.24) is 10.2 Å². The maximum atomic E-state index is 12.7. The SMILES string of the molecule is CN(C(=O)c1cccc2c1CCC2)C1CCNCC1. The fourth-order valence-corrected chi connectivity index (χ4v) is 3.37. The molecule has 0 spiro atoms. The molecule has 0 atom stereocenters. The monoisotopic (exact) mass is 258 g/mol. The summed E-state index contributed by atoms with van der Waals surface area (Å²) in [5.74, 6) is 0.214. The smallest absolute Gasteiger partial charge is 0.254 e. The van der Waals surface area contributed by atoms with E-state index >= 15 is 0 Å². The normalized spacial score (nSPS) is 19.2. The number of rotatable bonds is 2. The van der Waals surface area contributed by atoms with Crippen LogP contribution in [-0.2, 0) is 12.8 Å². The first-order valence-corrected chi connectivity index (χ1v) is 7.36. The minimum Gasteiger partial charge on any atom is -0.339 e. The van der Waals surface area contributed by atoms with E-state index in [1.807, 2.05) is 24.1 Å². The van der Waals surface area contributed by atoms with Crippen LogP contribution < -0.4 is 5.32 Å². The molecular weight excluding hydrogens is 236 g/mol. The number of benzene rings is 1. The zero-order valence-corrected chi connectivity index (χ0v) is 11.6. The van der Waals surface area contributed by atoms with Crippen molar-refractivity contribution in [2.45, 2.75) is 38.1 Å². The summed E-state index contributed by atoms with van der Waals surface area (Å²) in [5, 5.41) is 3.35. The third-order valence-corrected chi connectivity index (χ3v) is 4.55. The van der Waals surface area contributed by atoms with Crippen LogP contribution in [0.3, 0.4) is 0 Å². The molecule has 3 rings (SSSR count). The van der Waals surface area contributed by atoms with Crippen molar-refractivity contribution < 1.29 is 4.79 Å². The molecule has 0 saturated carbocycles. The second-order valence-corrected chi connectivity index (χ2v) is 5.69. The van der Waals surface area contributed by atoms with Gasteiger partial charge in [0.25, 0.3) is 5.91 Å². The maximum Gasteiger partial charge on any atom is 0.254 e. The highest BCUT2D eigenvalue weighted by atomic mass is 16.2. The summed E-state index contributed by atoms with van der Waals surface area (Å²) in [4.78, 5) is 14.7. The van der Waals surface area contributed by atoms with Crippen LogP contribution in [-0.4, -0.2) is 37.0 Å². The summed E-state index contributed by atoms with van der Waals surface area (Å²) in [7, 11) is 1.96. The molecule has 1 amide bonds. The van der Waals surface area contributed by atoms with E-state index in [1.165, 1.54) is 17.5 Å². The fraction of sp³-hybridized carbons (Fsp3) is 0.562. The summed E-state index contributed by atoms with van der Waals surface area (Å²) in [5.41, 5.74) is 3.62. The van der Waals surface area contributed by atoms with E-state index in [4.69, 9.17) is 0 Å². The molecule has 1 aliphatic carbocycles. The van der Waals surface area contributed by atoms with E-state index in [0.29, 0.717) is 6.04 Å². The van der Waals surface area contributed by atoms with E-state index < -0.39 is 0 Å². The summed E-state index contributed by atoms with van der Waals surface area (Å²) in [6.07, 6.45) is 5.52. The Morgan fingerprint density at radius 3 is 2.84 bits per heavy atom. The number of fused-ring (bicyclic) bond motifs is 1. The lowest BCUT2D eigenvalue weighted by Crippen LogP contribution is -2.44. The number of aryl methyl sites for hydroxylation is 1. The number of carbonyl (C=O) groups is 1. The van der Waals surface area contributed by atoms with Crippen molar-refractivity contribution in [1.29, 1.82) is 0 Å². The zero-order valence-electron chi connectivity index (χ0n) is 11.6. The van der Waals surface area contributed by atoms with Gasteiger partial charge in [-0.3, -0.25) is 4.79 Å². The predicted molar refractivity (Wildman–Crippen MR) is 76.5 cm³/mol. The van der Waals surface area contributed by atoms with Crippen molar-refractivity contribution >= 4 is 5.91 Å². The Morgan fingerprint density at radius 1 is 1.26 bits per heavy atom. The molecule has 0 unspecified atom stereocenters. The summed E-state index contributed by atoms with van der Waals surface area (Å²) in [6, 6.07) is 6.60. The minimum atomic E-state index is 0.214. The number of piperidine rings is 1. The van der Waals surface area contributed by atoms with Gasteiger partial charge in [-0.15, -0.1) is 0 Å². The average molecular weight is 258 g/mol. The Balaban J connectivity index is 1.81. The molecule has 1 aromatic carbocycles. The van der Waals surface area contributed by atoms with Crippen LogP contribution in [0.15, 0.2) is 18.2 Å². The van der Waals surface area contributed by atoms with Gasteiger partial charge in [-0.2, -0.15) is 0 Å². The highest BCUT2D eigenvalue weighted by molar-refractivity contribution is 5.96. The predicted octanol–water partition coefficient (Wildman–Crippen LogP) is 2.00. The molecule has 19 heavy (non-hydrogen) atoms. The third-order valence-electron chi connectivity index (χ3n) is 4.55. The van der Waals surface area contributed by atoms with E-state index in [0.717, 1.165) is 44.3 Å². The lowest BCUT2D eigenvalue weighted by Gasteiger charge is -2.32. The first-order valence-electron chi connectivity index (χ1n) is 7.36. The van der Waals surface area contributed by atoms with Gasteiger partial charge in [0.05, 0.1) is 0 Å². The van der Waals surface area contributed by atoms with Crippen molar-refractivity contribution in [2.24, 2.45) is 0 Å². The summed E-state index contributed by atoms with van der Waals surface area (Å²) < 4.78 is 0. The molecule has 0 bridgehead atoms. The van der Waals surface area contributed by atoms with Crippen molar-refractivity contribution in [3.63, 3.8) is 0 Å². The molecule has 1 saturated heterocycles. The first-order chi connectivity index (χ1) is 9.27. The Morgan fingerprint density at radius 2 is 2.05 bits per heavy atom. The van der Waals surface area contributed by atoms with Crippen LogP contribution in [0.5, 0.6) is 0 Å². The largest absolute Gasteiger partial charge is 0.339 e. The first kappa shape index (κ1) is 12.7. The van der Waals surface area contributed by atoms with Crippen molar-refractivity contribution in [3.8, 4) is 0 Å². The van der Waals surface area contributed by atoms with Crippen molar-refractivity contribution in [2.75, 3.05) is 20.1 Å². The van der Waals surface area contributed by atoms with Gasteiger partial charge < -0.3 is 10.2 Å². The molecule has 0 radical (unpaired) electrons. The van der Waals surface area contributed by atoms with Crippen LogP contribution in [0, 0.1) is 0 Å². The molecule has 0 aromatic heterocycles. The van der Waals surface area contributed by atoms with E-state index in [-0.39, 0.29) is 5.91 Å². The average Bonchev–Trinajstić information content (AvgIpc) is 2.95. The Labute approximate surface area is 115 Å². The third kappa shape index (κ3) is 2.39. The topological polar surface area (TPSA) is 32.3 Å². The van der Waals surface area contributed by atoms with E-state index in [9.17, 15) is 4.79 Å². The Hall–Kier alpha value is -1.35. The molecule has 2 aliphatic rings. The molecule has 102 valence electrons. The van der Waals surface area contributed by atoms with Gasteiger partial charge in [0.1, 0.15) is 0 Å². The second-order valence-electron chi connectivity index (χ2n) is 5.69. The number of carbonyl (C=O) groups excluding carboxylic acids is 1. The highest BCUT2D eigenvalue weighted by Crippen LogP contribution is 2.26. The van der Waals surface area contributed by atoms with Crippen LogP contribution in [0.4, 0.5) is 0 Å². The molecule has 3 nitrogen and oxygen atoms in total. The van der Waals surface area contributed by atoms with Crippen LogP contribution >= 0.6 is 0 Å². The molecule has 1 aromatic rings. The fourth-order valence-electron chi connectivity index (χ4n) is 3.37. The quantitative estimate of drug-likeness (QED) is 0.880. The van der Waals surface area contributed by atoms with Gasteiger partial charge in [-0.1, -0.05) is 12.1 Å². The number of hydrogen-bond acceptors (Lipinski definition) is 2. The standard InChI is InChI=1S/C16H22N2O/c1-18(13-8-10-17-11-9-13)16(19)15-7-3-5-12-4-2-6-14(12)15/h3,5,7,13,17H,2,4,6,8-11H2,1H3. The lowest BCUT2D eigenvalue weighted by atomic mass is 10.00. The van der Waals surface area contributed by atoms with Gasteiger partial charge >= 0.3 is 0 Å². The molecular formula is C16H22N2O. The van der Waals surface area contributed by atoms with Gasteiger partial charge in [0, 0.05) is 18.7 Å². The lowest BCUT2D eigenvalue weighted by molar-refractivity contribution is 0.0702. The number of amides is 1. The molecule has 3 heteroatoms. The number of nitrogens with one attached hydrogen (secondary N) is 1. The Kier molecular flexibility index (Phi) is 3.56. The summed E-state index contributed by atoms with van der Waals surface area (Å²) in [6.45, 7) is 2.05. The van der Waals surface area contributed by atoms with Gasteiger partial charge in [0.2, 0.25) is 0 Å². The number of nitrogens with zero attached hydrogens (tertiary/aromatic N) is 1.